The fourth-order valence-corrected chi connectivity index (χ4v) is 5.52. The van der Waals surface area contributed by atoms with E-state index in [4.69, 9.17) is 9.47 Å². The maximum absolute atomic E-state index is 13.2. The van der Waals surface area contributed by atoms with Gasteiger partial charge in [0.25, 0.3) is 0 Å². The lowest BCUT2D eigenvalue weighted by Crippen LogP contribution is -2.54. The summed E-state index contributed by atoms with van der Waals surface area (Å²) in [6, 6.07) is 9.90. The van der Waals surface area contributed by atoms with Gasteiger partial charge in [-0.15, -0.1) is 0 Å². The molecule has 2 aliphatic rings. The summed E-state index contributed by atoms with van der Waals surface area (Å²) in [7, 11) is -3.70. The van der Waals surface area contributed by atoms with Gasteiger partial charge in [0.2, 0.25) is 15.9 Å². The number of carbonyl (C=O) groups excluding carboxylic acids is 1. The number of piperazine rings is 1. The number of benzene rings is 2. The number of rotatable bonds is 6. The van der Waals surface area contributed by atoms with Crippen LogP contribution in [0.2, 0.25) is 0 Å². The van der Waals surface area contributed by atoms with Crippen LogP contribution in [0.1, 0.15) is 19.8 Å². The number of nitrogens with one attached hydrogen (secondary N) is 1. The Labute approximate surface area is 193 Å². The minimum absolute atomic E-state index is 0.168. The molecule has 0 saturated carbocycles. The molecule has 10 heteroatoms. The van der Waals surface area contributed by atoms with Gasteiger partial charge in [-0.25, -0.2) is 12.8 Å². The Kier molecular flexibility index (Phi) is 7.16. The van der Waals surface area contributed by atoms with Crippen LogP contribution in [-0.4, -0.2) is 69.0 Å². The minimum atomic E-state index is -3.70. The molecule has 4 rings (SSSR count). The summed E-state index contributed by atoms with van der Waals surface area (Å²) in [6.07, 6.45) is 1.31. The number of carbonyl (C=O) groups is 1. The number of hydrogen-bond acceptors (Lipinski definition) is 6. The summed E-state index contributed by atoms with van der Waals surface area (Å²) in [6.45, 7) is 4.34. The normalized spacial score (nSPS) is 18.4. The highest BCUT2D eigenvalue weighted by atomic mass is 32.2. The highest BCUT2D eigenvalue weighted by Crippen LogP contribution is 2.33. The van der Waals surface area contributed by atoms with Crippen molar-refractivity contribution in [1.82, 2.24) is 9.21 Å². The van der Waals surface area contributed by atoms with Crippen LogP contribution >= 0.6 is 0 Å². The topological polar surface area (TPSA) is 88.2 Å². The number of sulfonamides is 1. The van der Waals surface area contributed by atoms with E-state index in [-0.39, 0.29) is 29.7 Å². The van der Waals surface area contributed by atoms with E-state index in [9.17, 15) is 17.6 Å². The first-order chi connectivity index (χ1) is 15.9. The molecule has 1 saturated heterocycles. The highest BCUT2D eigenvalue weighted by Gasteiger charge is 2.33. The number of ether oxygens (including phenoxy) is 2. The average Bonchev–Trinajstić information content (AvgIpc) is 3.06. The quantitative estimate of drug-likeness (QED) is 0.688. The van der Waals surface area contributed by atoms with E-state index in [1.807, 2.05) is 11.8 Å². The van der Waals surface area contributed by atoms with Crippen LogP contribution in [0.25, 0.3) is 0 Å². The van der Waals surface area contributed by atoms with E-state index < -0.39 is 16.1 Å². The van der Waals surface area contributed by atoms with Gasteiger partial charge in [0.15, 0.2) is 11.5 Å². The lowest BCUT2D eigenvalue weighted by Gasteiger charge is -2.37. The summed E-state index contributed by atoms with van der Waals surface area (Å²) in [4.78, 5) is 14.9. The van der Waals surface area contributed by atoms with Gasteiger partial charge < -0.3 is 14.8 Å². The zero-order valence-corrected chi connectivity index (χ0v) is 19.3. The monoisotopic (exact) mass is 477 g/mol. The number of amides is 1. The maximum atomic E-state index is 13.2. The smallest absolute Gasteiger partial charge is 0.243 e. The molecule has 2 aromatic rings. The predicted molar refractivity (Wildman–Crippen MR) is 121 cm³/mol. The summed E-state index contributed by atoms with van der Waals surface area (Å²) in [5, 5.41) is 2.81. The number of anilines is 1. The molecule has 2 aliphatic heterocycles. The Morgan fingerprint density at radius 1 is 1.03 bits per heavy atom. The lowest BCUT2D eigenvalue weighted by atomic mass is 10.1. The summed E-state index contributed by atoms with van der Waals surface area (Å²) in [5.74, 6) is 0.430. The average molecular weight is 478 g/mol. The zero-order valence-electron chi connectivity index (χ0n) is 18.5. The molecule has 8 nitrogen and oxygen atoms in total. The maximum Gasteiger partial charge on any atom is 0.243 e. The first-order valence-corrected chi connectivity index (χ1v) is 12.5. The number of fused-ring (bicyclic) bond motifs is 1. The van der Waals surface area contributed by atoms with E-state index in [1.54, 1.807) is 12.1 Å². The summed E-state index contributed by atoms with van der Waals surface area (Å²) < 4.78 is 52.2. The third kappa shape index (κ3) is 5.29. The molecule has 1 fully saturated rings. The van der Waals surface area contributed by atoms with E-state index in [0.717, 1.165) is 6.42 Å². The van der Waals surface area contributed by atoms with Crippen LogP contribution in [0.5, 0.6) is 11.5 Å². The van der Waals surface area contributed by atoms with E-state index in [2.05, 4.69) is 5.32 Å². The Hall–Kier alpha value is -2.69. The van der Waals surface area contributed by atoms with Crippen molar-refractivity contribution in [2.24, 2.45) is 0 Å². The SMILES string of the molecule is CCC(C(=O)Nc1ccc(F)cc1)N1CCN(S(=O)(=O)c2ccc3c(c2)OCCCO3)CC1. The van der Waals surface area contributed by atoms with Gasteiger partial charge in [0, 0.05) is 44.4 Å². The summed E-state index contributed by atoms with van der Waals surface area (Å²) in [5.41, 5.74) is 0.524. The third-order valence-electron chi connectivity index (χ3n) is 5.87. The van der Waals surface area contributed by atoms with E-state index in [0.29, 0.717) is 49.9 Å². The van der Waals surface area contributed by atoms with Gasteiger partial charge in [-0.2, -0.15) is 4.31 Å². The van der Waals surface area contributed by atoms with Crippen molar-refractivity contribution in [3.8, 4) is 11.5 Å². The Bertz CT molecular complexity index is 1090. The number of nitrogens with zero attached hydrogens (tertiary/aromatic N) is 2. The van der Waals surface area contributed by atoms with Gasteiger partial charge in [-0.3, -0.25) is 9.69 Å². The van der Waals surface area contributed by atoms with Crippen LogP contribution in [0.4, 0.5) is 10.1 Å². The molecular formula is C23H28FN3O5S. The number of halogens is 1. The molecule has 0 bridgehead atoms. The van der Waals surface area contributed by atoms with Crippen LogP contribution in [0.3, 0.4) is 0 Å². The van der Waals surface area contributed by atoms with Gasteiger partial charge in [0.1, 0.15) is 5.82 Å². The van der Waals surface area contributed by atoms with Crippen LogP contribution in [0, 0.1) is 5.82 Å². The van der Waals surface area contributed by atoms with Crippen molar-refractivity contribution in [2.75, 3.05) is 44.7 Å². The third-order valence-corrected chi connectivity index (χ3v) is 7.77. The van der Waals surface area contributed by atoms with Gasteiger partial charge in [-0.05, 0) is 42.8 Å². The summed E-state index contributed by atoms with van der Waals surface area (Å²) >= 11 is 0. The molecule has 0 radical (unpaired) electrons. The van der Waals surface area contributed by atoms with Gasteiger partial charge in [-0.1, -0.05) is 6.92 Å². The van der Waals surface area contributed by atoms with Crippen LogP contribution in [-0.2, 0) is 14.8 Å². The van der Waals surface area contributed by atoms with Crippen LogP contribution < -0.4 is 14.8 Å². The molecule has 178 valence electrons. The Morgan fingerprint density at radius 2 is 1.70 bits per heavy atom. The highest BCUT2D eigenvalue weighted by molar-refractivity contribution is 7.89. The van der Waals surface area contributed by atoms with Crippen molar-refractivity contribution in [1.29, 1.82) is 0 Å². The van der Waals surface area contributed by atoms with Crippen molar-refractivity contribution in [3.05, 3.63) is 48.3 Å². The molecule has 2 aromatic carbocycles. The first kappa shape index (κ1) is 23.5. The van der Waals surface area contributed by atoms with Crippen molar-refractivity contribution >= 4 is 21.6 Å². The van der Waals surface area contributed by atoms with Crippen molar-refractivity contribution < 1.29 is 27.1 Å². The fourth-order valence-electron chi connectivity index (χ4n) is 4.08. The largest absolute Gasteiger partial charge is 0.490 e. The molecule has 1 unspecified atom stereocenters. The molecule has 33 heavy (non-hydrogen) atoms. The molecular weight excluding hydrogens is 449 g/mol. The van der Waals surface area contributed by atoms with Crippen LogP contribution in [0.15, 0.2) is 47.4 Å². The molecule has 1 atom stereocenters. The Morgan fingerprint density at radius 3 is 2.36 bits per heavy atom. The molecule has 2 heterocycles. The lowest BCUT2D eigenvalue weighted by molar-refractivity contribution is -0.121. The minimum Gasteiger partial charge on any atom is -0.490 e. The second kappa shape index (κ2) is 10.1. The molecule has 0 aromatic heterocycles. The van der Waals surface area contributed by atoms with Gasteiger partial charge >= 0.3 is 0 Å². The second-order valence-electron chi connectivity index (χ2n) is 8.02. The fraction of sp³-hybridized carbons (Fsp3) is 0.435. The molecule has 0 aliphatic carbocycles. The molecule has 1 N–H and O–H groups in total. The molecule has 0 spiro atoms. The Balaban J connectivity index is 1.40. The first-order valence-electron chi connectivity index (χ1n) is 11.1. The molecule has 1 amide bonds. The van der Waals surface area contributed by atoms with Gasteiger partial charge in [0.05, 0.1) is 24.2 Å². The standard InChI is InChI=1S/C23H28FN3O5S/c1-2-20(23(28)25-18-6-4-17(24)5-7-18)26-10-12-27(13-11-26)33(29,30)19-8-9-21-22(16-19)32-15-3-14-31-21/h4-9,16,20H,2-3,10-15H2,1H3,(H,25,28). The van der Waals surface area contributed by atoms with E-state index in [1.165, 1.54) is 34.6 Å². The van der Waals surface area contributed by atoms with Crippen molar-refractivity contribution in [3.63, 3.8) is 0 Å². The van der Waals surface area contributed by atoms with E-state index >= 15 is 0 Å². The number of hydrogen-bond donors (Lipinski definition) is 1. The van der Waals surface area contributed by atoms with Crippen molar-refractivity contribution in [2.45, 2.75) is 30.7 Å². The second-order valence-corrected chi connectivity index (χ2v) is 9.96. The zero-order chi connectivity index (χ0) is 23.4. The predicted octanol–water partition coefficient (Wildman–Crippen LogP) is 2.71.